The average Bonchev–Trinajstić information content (AvgIpc) is 2.66. The van der Waals surface area contributed by atoms with Gasteiger partial charge in [-0.3, -0.25) is 0 Å². The molecule has 0 spiro atoms. The van der Waals surface area contributed by atoms with E-state index in [0.717, 1.165) is 5.82 Å². The van der Waals surface area contributed by atoms with Gasteiger partial charge < -0.3 is 0 Å². The maximum absolute atomic E-state index is 2.60. The molecule has 0 saturated heterocycles. The Morgan fingerprint density at radius 1 is 0.560 bits per heavy atom. The van der Waals surface area contributed by atoms with Crippen LogP contribution in [0.2, 0.25) is 11.1 Å². The number of rotatable bonds is 4. The van der Waals surface area contributed by atoms with Gasteiger partial charge in [0, 0.05) is 7.06 Å². The van der Waals surface area contributed by atoms with E-state index < -0.39 is 0 Å². The molecule has 3 radical (unpaired) electrons. The molecule has 2 fully saturated rings. The summed E-state index contributed by atoms with van der Waals surface area (Å²) in [7, 11) is 7.66. The molecule has 0 aliphatic heterocycles. The van der Waals surface area contributed by atoms with Gasteiger partial charge in [0.15, 0.2) is 0 Å². The highest BCUT2D eigenvalue weighted by Gasteiger charge is 2.24. The second kappa shape index (κ2) is 13.4. The van der Waals surface area contributed by atoms with Gasteiger partial charge in [-0.25, -0.2) is 0 Å². The molecule has 0 aromatic rings. The second-order valence-electron chi connectivity index (χ2n) is 9.35. The van der Waals surface area contributed by atoms with Crippen molar-refractivity contribution in [2.45, 2.75) is 140 Å². The molecule has 0 unspecified atom stereocenters. The Hall–Kier alpha value is 0.195. The van der Waals surface area contributed by atoms with E-state index >= 15 is 0 Å². The Bertz CT molecular complexity index is 296. The molecule has 2 aliphatic carbocycles. The standard InChI is InChI=1S/C22H42B3/c1-22(19-15-11-7-2-3-8-12-16-20-22)24-25-23-21-17-13-9-5-4-6-10-14-18-21/h21H,2-20H2,1H3. The molecule has 0 N–H and O–H groups in total. The van der Waals surface area contributed by atoms with E-state index in [0.29, 0.717) is 5.31 Å². The van der Waals surface area contributed by atoms with Gasteiger partial charge in [0.25, 0.3) is 0 Å². The Morgan fingerprint density at radius 3 is 1.44 bits per heavy atom. The molecule has 0 atom stereocenters. The fraction of sp³-hybridized carbons (Fsp3) is 1.00. The molecule has 3 heteroatoms. The molecule has 2 rings (SSSR count). The van der Waals surface area contributed by atoms with Gasteiger partial charge in [0.05, 0.1) is 14.3 Å². The third-order valence-electron chi connectivity index (χ3n) is 6.78. The summed E-state index contributed by atoms with van der Waals surface area (Å²) in [5, 5.41) is 0.455. The van der Waals surface area contributed by atoms with E-state index in [1.165, 1.54) is 122 Å². The van der Waals surface area contributed by atoms with E-state index in [2.05, 4.69) is 28.3 Å². The summed E-state index contributed by atoms with van der Waals surface area (Å²) < 4.78 is 0. The number of hydrogen-bond acceptors (Lipinski definition) is 0. The fourth-order valence-corrected chi connectivity index (χ4v) is 4.89. The van der Waals surface area contributed by atoms with Crippen molar-refractivity contribution in [3.8, 4) is 0 Å². The maximum Gasteiger partial charge on any atom is 0.0635 e. The quantitative estimate of drug-likeness (QED) is 0.470. The molecule has 0 bridgehead atoms. The van der Waals surface area contributed by atoms with Gasteiger partial charge in [-0.1, -0.05) is 140 Å². The molecular weight excluding hydrogens is 297 g/mol. The first-order chi connectivity index (χ1) is 12.3. The van der Waals surface area contributed by atoms with Gasteiger partial charge in [-0.05, 0) is 0 Å². The van der Waals surface area contributed by atoms with Crippen molar-refractivity contribution >= 4 is 21.4 Å². The van der Waals surface area contributed by atoms with E-state index in [9.17, 15) is 0 Å². The first-order valence-corrected chi connectivity index (χ1v) is 11.8. The largest absolute Gasteiger partial charge is 0.0782 e. The van der Waals surface area contributed by atoms with Crippen LogP contribution in [-0.2, 0) is 0 Å². The van der Waals surface area contributed by atoms with Crippen molar-refractivity contribution in [3.63, 3.8) is 0 Å². The maximum atomic E-state index is 2.60. The summed E-state index contributed by atoms with van der Waals surface area (Å²) in [6, 6.07) is 0. The molecule has 139 valence electrons. The predicted molar refractivity (Wildman–Crippen MR) is 117 cm³/mol. The van der Waals surface area contributed by atoms with Crippen molar-refractivity contribution in [2.75, 3.05) is 0 Å². The fourth-order valence-electron chi connectivity index (χ4n) is 4.89. The molecule has 0 nitrogen and oxygen atoms in total. The average molecular weight is 339 g/mol. The minimum absolute atomic E-state index is 0.455. The van der Waals surface area contributed by atoms with Gasteiger partial charge in [0.2, 0.25) is 0 Å². The van der Waals surface area contributed by atoms with Crippen LogP contribution in [0.15, 0.2) is 0 Å². The van der Waals surface area contributed by atoms with Crippen molar-refractivity contribution in [3.05, 3.63) is 0 Å². The van der Waals surface area contributed by atoms with Crippen LogP contribution in [0.5, 0.6) is 0 Å². The lowest BCUT2D eigenvalue weighted by Gasteiger charge is -2.30. The van der Waals surface area contributed by atoms with Crippen LogP contribution < -0.4 is 0 Å². The van der Waals surface area contributed by atoms with Crippen LogP contribution in [0.1, 0.15) is 129 Å². The molecule has 2 saturated carbocycles. The Labute approximate surface area is 161 Å². The molecular formula is C22H42B3. The summed E-state index contributed by atoms with van der Waals surface area (Å²) in [6.45, 7) is 2.53. The monoisotopic (exact) mass is 339 g/mol. The summed E-state index contributed by atoms with van der Waals surface area (Å²) >= 11 is 0. The zero-order valence-corrected chi connectivity index (χ0v) is 17.2. The predicted octanol–water partition coefficient (Wildman–Crippen LogP) is 7.34. The van der Waals surface area contributed by atoms with Crippen molar-refractivity contribution in [1.29, 1.82) is 0 Å². The van der Waals surface area contributed by atoms with Crippen LogP contribution >= 0.6 is 0 Å². The highest BCUT2D eigenvalue weighted by atomic mass is 14.2. The van der Waals surface area contributed by atoms with E-state index in [1.807, 2.05) is 0 Å². The summed E-state index contributed by atoms with van der Waals surface area (Å²) in [6.07, 6.45) is 27.6. The van der Waals surface area contributed by atoms with E-state index in [-0.39, 0.29) is 0 Å². The first-order valence-electron chi connectivity index (χ1n) is 11.8. The van der Waals surface area contributed by atoms with Gasteiger partial charge in [0.1, 0.15) is 0 Å². The van der Waals surface area contributed by atoms with Crippen molar-refractivity contribution in [1.82, 2.24) is 0 Å². The normalized spacial score (nSPS) is 25.3. The second-order valence-corrected chi connectivity index (χ2v) is 9.35. The lowest BCUT2D eigenvalue weighted by Crippen LogP contribution is -2.28. The van der Waals surface area contributed by atoms with Gasteiger partial charge in [-0.2, -0.15) is 0 Å². The third kappa shape index (κ3) is 10.2. The zero-order chi connectivity index (χ0) is 17.6. The van der Waals surface area contributed by atoms with Crippen LogP contribution in [-0.4, -0.2) is 21.4 Å². The Kier molecular flexibility index (Phi) is 11.5. The summed E-state index contributed by atoms with van der Waals surface area (Å²) in [4.78, 5) is 0. The van der Waals surface area contributed by atoms with Crippen molar-refractivity contribution in [2.24, 2.45) is 0 Å². The lowest BCUT2D eigenvalue weighted by atomic mass is 9.11. The minimum atomic E-state index is 0.455. The van der Waals surface area contributed by atoms with E-state index in [1.54, 1.807) is 0 Å². The molecule has 0 amide bonds. The van der Waals surface area contributed by atoms with Crippen LogP contribution in [0, 0.1) is 0 Å². The number of hydrogen-bond donors (Lipinski definition) is 0. The van der Waals surface area contributed by atoms with Gasteiger partial charge >= 0.3 is 0 Å². The zero-order valence-electron chi connectivity index (χ0n) is 17.2. The Balaban J connectivity index is 1.71. The van der Waals surface area contributed by atoms with Crippen LogP contribution in [0.3, 0.4) is 0 Å². The lowest BCUT2D eigenvalue weighted by molar-refractivity contribution is 0.466. The topological polar surface area (TPSA) is 0 Å². The summed E-state index contributed by atoms with van der Waals surface area (Å²) in [5.41, 5.74) is 0. The molecule has 25 heavy (non-hydrogen) atoms. The summed E-state index contributed by atoms with van der Waals surface area (Å²) in [5.74, 6) is 0.848. The third-order valence-corrected chi connectivity index (χ3v) is 6.78. The molecule has 2 aliphatic rings. The SMILES string of the molecule is CC1([B][B][B]C2CCCCCCCCC2)CCCCCCCCCC1. The van der Waals surface area contributed by atoms with Crippen molar-refractivity contribution < 1.29 is 0 Å². The smallest absolute Gasteiger partial charge is 0.0635 e. The molecule has 0 aromatic carbocycles. The molecule has 0 aromatic heterocycles. The first kappa shape index (κ1) is 21.5. The Morgan fingerprint density at radius 2 is 0.960 bits per heavy atom. The van der Waals surface area contributed by atoms with Gasteiger partial charge in [-0.15, -0.1) is 0 Å². The van der Waals surface area contributed by atoms with Crippen LogP contribution in [0.4, 0.5) is 0 Å². The van der Waals surface area contributed by atoms with E-state index in [4.69, 9.17) is 0 Å². The highest BCUT2D eigenvalue weighted by Crippen LogP contribution is 2.38. The highest BCUT2D eigenvalue weighted by molar-refractivity contribution is 7.30. The molecule has 0 heterocycles. The van der Waals surface area contributed by atoms with Crippen LogP contribution in [0.25, 0.3) is 0 Å². The minimum Gasteiger partial charge on any atom is -0.0782 e.